The summed E-state index contributed by atoms with van der Waals surface area (Å²) in [6, 6.07) is 2.96. The molecule has 0 aliphatic carbocycles. The van der Waals surface area contributed by atoms with Crippen LogP contribution in [0.3, 0.4) is 0 Å². The Morgan fingerprint density at radius 2 is 1.64 bits per heavy atom. The molecule has 0 saturated carbocycles. The van der Waals surface area contributed by atoms with Gasteiger partial charge >= 0.3 is 0 Å². The molecule has 2 amide bonds. The normalized spacial score (nSPS) is 10.3. The molecule has 0 spiro atoms. The number of carbonyl (C=O) groups is 2. The lowest BCUT2D eigenvalue weighted by Gasteiger charge is -2.23. The Balaban J connectivity index is 2.90. The first kappa shape index (κ1) is 18.6. The third kappa shape index (κ3) is 4.27. The predicted octanol–water partition coefficient (Wildman–Crippen LogP) is 2.94. The monoisotopic (exact) mass is 346 g/mol. The van der Waals surface area contributed by atoms with E-state index in [9.17, 15) is 9.59 Å². The summed E-state index contributed by atoms with van der Waals surface area (Å²) in [5, 5.41) is 0.503. The van der Waals surface area contributed by atoms with Crippen LogP contribution in [0.5, 0.6) is 5.75 Å². The highest BCUT2D eigenvalue weighted by atomic mass is 35.5. The second-order valence-corrected chi connectivity index (χ2v) is 5.51. The van der Waals surface area contributed by atoms with Crippen molar-refractivity contribution in [3.8, 4) is 5.75 Å². The van der Waals surface area contributed by atoms with Crippen molar-refractivity contribution in [3.63, 3.8) is 0 Å². The molecule has 22 heavy (non-hydrogen) atoms. The van der Waals surface area contributed by atoms with Crippen LogP contribution < -0.4 is 4.74 Å². The van der Waals surface area contributed by atoms with Crippen LogP contribution in [-0.2, 0) is 4.79 Å². The first-order valence-corrected chi connectivity index (χ1v) is 7.67. The van der Waals surface area contributed by atoms with Gasteiger partial charge in [-0.3, -0.25) is 9.59 Å². The zero-order chi connectivity index (χ0) is 16.9. The summed E-state index contributed by atoms with van der Waals surface area (Å²) in [5.41, 5.74) is 0.311. The van der Waals surface area contributed by atoms with Crippen LogP contribution in [0.2, 0.25) is 10.0 Å². The zero-order valence-corrected chi connectivity index (χ0v) is 14.7. The molecule has 0 N–H and O–H groups in total. The molecular weight excluding hydrogens is 327 g/mol. The first-order valence-electron chi connectivity index (χ1n) is 6.91. The Kier molecular flexibility index (Phi) is 6.97. The quantitative estimate of drug-likeness (QED) is 0.795. The Labute approximate surface area is 140 Å². The van der Waals surface area contributed by atoms with Gasteiger partial charge in [-0.15, -0.1) is 0 Å². The molecule has 0 aliphatic rings. The van der Waals surface area contributed by atoms with E-state index in [1.165, 1.54) is 24.1 Å². The maximum atomic E-state index is 12.4. The molecule has 122 valence electrons. The van der Waals surface area contributed by atoms with E-state index in [1.807, 2.05) is 13.8 Å². The molecule has 0 aliphatic heterocycles. The van der Waals surface area contributed by atoms with Gasteiger partial charge in [0.2, 0.25) is 5.91 Å². The topological polar surface area (TPSA) is 49.9 Å². The summed E-state index contributed by atoms with van der Waals surface area (Å²) < 4.78 is 5.05. The smallest absolute Gasteiger partial charge is 0.254 e. The van der Waals surface area contributed by atoms with Gasteiger partial charge in [-0.05, 0) is 26.0 Å². The van der Waals surface area contributed by atoms with Gasteiger partial charge in [-0.25, -0.2) is 0 Å². The van der Waals surface area contributed by atoms with E-state index in [-0.39, 0.29) is 28.4 Å². The number of methoxy groups -OCH3 is 1. The molecule has 0 unspecified atom stereocenters. The van der Waals surface area contributed by atoms with Gasteiger partial charge in [0.15, 0.2) is 5.75 Å². The van der Waals surface area contributed by atoms with Crippen LogP contribution in [0.1, 0.15) is 24.2 Å². The molecule has 5 nitrogen and oxygen atoms in total. The minimum atomic E-state index is -0.327. The van der Waals surface area contributed by atoms with E-state index in [1.54, 1.807) is 11.9 Å². The number of nitrogens with zero attached hydrogens (tertiary/aromatic N) is 2. The minimum absolute atomic E-state index is 0.00177. The van der Waals surface area contributed by atoms with E-state index in [0.29, 0.717) is 24.4 Å². The predicted molar refractivity (Wildman–Crippen MR) is 87.9 cm³/mol. The average Bonchev–Trinajstić information content (AvgIpc) is 2.47. The van der Waals surface area contributed by atoms with E-state index in [4.69, 9.17) is 27.9 Å². The van der Waals surface area contributed by atoms with Gasteiger partial charge in [0.05, 0.1) is 23.7 Å². The Morgan fingerprint density at radius 1 is 1.14 bits per heavy atom. The minimum Gasteiger partial charge on any atom is -0.494 e. The number of hydrogen-bond acceptors (Lipinski definition) is 3. The largest absolute Gasteiger partial charge is 0.494 e. The van der Waals surface area contributed by atoms with Gasteiger partial charge in [0.1, 0.15) is 0 Å². The highest BCUT2D eigenvalue weighted by Crippen LogP contribution is 2.34. The second-order valence-electron chi connectivity index (χ2n) is 4.70. The summed E-state index contributed by atoms with van der Waals surface area (Å²) in [5.74, 6) is -0.111. The standard InChI is InChI=1S/C15H20Cl2N2O3/c1-5-19(6-2)13(20)9-18(3)15(21)10-7-11(16)14(22-4)12(17)8-10/h7-8H,5-6,9H2,1-4H3. The van der Waals surface area contributed by atoms with Crippen molar-refractivity contribution >= 4 is 35.0 Å². The molecule has 0 aromatic heterocycles. The summed E-state index contributed by atoms with van der Waals surface area (Å²) in [7, 11) is 3.01. The average molecular weight is 347 g/mol. The molecule has 0 atom stereocenters. The second kappa shape index (κ2) is 8.25. The number of hydrogen-bond donors (Lipinski definition) is 0. The Bertz CT molecular complexity index is 537. The van der Waals surface area contributed by atoms with Crippen LogP contribution in [0.15, 0.2) is 12.1 Å². The van der Waals surface area contributed by atoms with Crippen LogP contribution in [-0.4, -0.2) is 55.4 Å². The number of benzene rings is 1. The highest BCUT2D eigenvalue weighted by Gasteiger charge is 2.20. The molecule has 1 aromatic rings. The molecule has 0 radical (unpaired) electrons. The third-order valence-corrected chi connectivity index (χ3v) is 3.85. The maximum absolute atomic E-state index is 12.4. The summed E-state index contributed by atoms with van der Waals surface area (Å²) in [6.45, 7) is 5.01. The van der Waals surface area contributed by atoms with E-state index in [2.05, 4.69) is 0 Å². The molecule has 7 heteroatoms. The lowest BCUT2D eigenvalue weighted by atomic mass is 10.2. The van der Waals surface area contributed by atoms with E-state index < -0.39 is 0 Å². The lowest BCUT2D eigenvalue weighted by Crippen LogP contribution is -2.41. The van der Waals surface area contributed by atoms with Crippen LogP contribution in [0.25, 0.3) is 0 Å². The number of halogens is 2. The molecule has 1 aromatic carbocycles. The fourth-order valence-electron chi connectivity index (χ4n) is 2.05. The number of ether oxygens (including phenoxy) is 1. The SMILES string of the molecule is CCN(CC)C(=O)CN(C)C(=O)c1cc(Cl)c(OC)c(Cl)c1. The molecular formula is C15H20Cl2N2O3. The van der Waals surface area contributed by atoms with Crippen molar-refractivity contribution in [2.45, 2.75) is 13.8 Å². The summed E-state index contributed by atoms with van der Waals surface area (Å²) in [6.07, 6.45) is 0. The van der Waals surface area contributed by atoms with Crippen molar-refractivity contribution in [2.75, 3.05) is 33.8 Å². The Morgan fingerprint density at radius 3 is 2.05 bits per heavy atom. The highest BCUT2D eigenvalue weighted by molar-refractivity contribution is 6.37. The molecule has 0 bridgehead atoms. The fourth-order valence-corrected chi connectivity index (χ4v) is 2.69. The molecule has 0 fully saturated rings. The fraction of sp³-hybridized carbons (Fsp3) is 0.467. The zero-order valence-electron chi connectivity index (χ0n) is 13.2. The summed E-state index contributed by atoms with van der Waals surface area (Å²) >= 11 is 12.1. The number of likely N-dealkylation sites (N-methyl/N-ethyl adjacent to an activating group) is 2. The van der Waals surface area contributed by atoms with Crippen molar-refractivity contribution < 1.29 is 14.3 Å². The van der Waals surface area contributed by atoms with Crippen molar-refractivity contribution in [1.82, 2.24) is 9.80 Å². The maximum Gasteiger partial charge on any atom is 0.254 e. The Hall–Kier alpha value is -1.46. The molecule has 0 saturated heterocycles. The third-order valence-electron chi connectivity index (χ3n) is 3.28. The summed E-state index contributed by atoms with van der Waals surface area (Å²) in [4.78, 5) is 27.4. The van der Waals surface area contributed by atoms with Crippen LogP contribution in [0, 0.1) is 0 Å². The number of carbonyl (C=O) groups excluding carboxylic acids is 2. The first-order chi connectivity index (χ1) is 10.3. The van der Waals surface area contributed by atoms with Gasteiger partial charge < -0.3 is 14.5 Å². The van der Waals surface area contributed by atoms with Gasteiger partial charge in [-0.1, -0.05) is 23.2 Å². The van der Waals surface area contributed by atoms with Crippen molar-refractivity contribution in [2.24, 2.45) is 0 Å². The van der Waals surface area contributed by atoms with Crippen molar-refractivity contribution in [3.05, 3.63) is 27.7 Å². The number of rotatable bonds is 6. The molecule has 1 rings (SSSR count). The number of amides is 2. The molecule has 0 heterocycles. The van der Waals surface area contributed by atoms with Gasteiger partial charge in [-0.2, -0.15) is 0 Å². The van der Waals surface area contributed by atoms with Crippen LogP contribution in [0.4, 0.5) is 0 Å². The van der Waals surface area contributed by atoms with Crippen molar-refractivity contribution in [1.29, 1.82) is 0 Å². The van der Waals surface area contributed by atoms with Crippen LogP contribution >= 0.6 is 23.2 Å². The van der Waals surface area contributed by atoms with E-state index >= 15 is 0 Å². The van der Waals surface area contributed by atoms with Gasteiger partial charge in [0, 0.05) is 25.7 Å². The lowest BCUT2D eigenvalue weighted by molar-refractivity contribution is -0.131. The van der Waals surface area contributed by atoms with E-state index in [0.717, 1.165) is 0 Å². The van der Waals surface area contributed by atoms with Gasteiger partial charge in [0.25, 0.3) is 5.91 Å².